The summed E-state index contributed by atoms with van der Waals surface area (Å²) in [4.78, 5) is 29.8. The van der Waals surface area contributed by atoms with E-state index in [9.17, 15) is 5.26 Å². The highest BCUT2D eigenvalue weighted by Gasteiger charge is 2.49. The topological polar surface area (TPSA) is 165 Å². The number of fused-ring (bicyclic) bond motifs is 10. The Bertz CT molecular complexity index is 6580. The van der Waals surface area contributed by atoms with Crippen LogP contribution in [0.2, 0.25) is 5.02 Å². The summed E-state index contributed by atoms with van der Waals surface area (Å²) < 4.78 is 0. The first-order valence-electron chi connectivity index (χ1n) is 37.6. The fraction of sp³-hybridized carbons (Fsp3) is 0.0196. The molecule has 20 rings (SSSR count). The number of hydrogen-bond donors (Lipinski definition) is 2. The first kappa shape index (κ1) is 71.0. The van der Waals surface area contributed by atoms with Crippen molar-refractivity contribution in [3.8, 4) is 114 Å². The Balaban J connectivity index is 0.000000141. The molecule has 0 aliphatic heterocycles. The minimum atomic E-state index is -1.46. The Labute approximate surface area is 665 Å². The van der Waals surface area contributed by atoms with Crippen molar-refractivity contribution in [2.75, 3.05) is 0 Å². The van der Waals surface area contributed by atoms with E-state index in [0.717, 1.165) is 71.4 Å². The Kier molecular flexibility index (Phi) is 19.1. The Morgan fingerprint density at radius 3 is 0.904 bits per heavy atom. The molecule has 2 atom stereocenters. The molecule has 2 N–H and O–H groups in total. The van der Waals surface area contributed by atoms with Crippen LogP contribution in [0.25, 0.3) is 123 Å². The maximum atomic E-state index is 9.58. The summed E-state index contributed by atoms with van der Waals surface area (Å²) in [6.07, 6.45) is 0. The van der Waals surface area contributed by atoms with Gasteiger partial charge in [0.25, 0.3) is 0 Å². The van der Waals surface area contributed by atoms with Crippen molar-refractivity contribution < 1.29 is 10.0 Å². The van der Waals surface area contributed by atoms with Crippen LogP contribution in [-0.2, 0) is 10.8 Å². The number of aromatic nitrogens is 6. The average molecular weight is 1480 g/mol. The maximum Gasteiger partial charge on any atom is 0.488 e. The molecule has 0 saturated heterocycles. The molecule has 2 aliphatic carbocycles. The number of rotatable bonds is 12. The molecule has 0 radical (unpaired) electrons. The molecule has 0 fully saturated rings. The van der Waals surface area contributed by atoms with Gasteiger partial charge in [-0.1, -0.05) is 363 Å². The molecule has 12 heteroatoms. The maximum absolute atomic E-state index is 9.58. The van der Waals surface area contributed by atoms with Gasteiger partial charge in [-0.2, -0.15) is 10.5 Å². The average Bonchev–Trinajstić information content (AvgIpc) is 1.53. The summed E-state index contributed by atoms with van der Waals surface area (Å²) >= 11 is 7.10. The fourth-order valence-corrected chi connectivity index (χ4v) is 16.8. The molecule has 114 heavy (non-hydrogen) atoms. The van der Waals surface area contributed by atoms with Crippen LogP contribution in [0.3, 0.4) is 0 Å². The molecule has 10 nitrogen and oxygen atoms in total. The standard InChI is InChI=1S/C51H32N4.C44H28ClN3.C7H6BNO2/c52-33-34-24-26-35(27-25-34)44-32-46-47(42-21-11-10-20-41(42)44)43-22-12-13-23-45(43)51(46,39-18-8-3-9-19-39)40-30-28-38(29-31-40)50-54-48(36-14-4-1-5-15-36)53-49(55-50)37-16-6-2-7-17-37;45-39-28-38-40(35-21-11-10-20-34(35)39)36-22-12-13-23-37(36)44(38,32-18-8-3-9-19-32)33-26-24-31(25-27-33)43-47-41(29-14-4-1-5-15-29)46-42(48-43)30-16-6-2-7-17-30;9-5-6-1-3-7(4-2-6)8(10)11/h1-32H;1-28H;1-4,10-11H. The molecule has 0 bridgehead atoms. The summed E-state index contributed by atoms with van der Waals surface area (Å²) in [5, 5.41) is 40.6. The first-order chi connectivity index (χ1) is 56.2. The monoisotopic (exact) mass is 1480 g/mol. The highest BCUT2D eigenvalue weighted by Crippen LogP contribution is 2.61. The normalized spacial score (nSPS) is 14.0. The second kappa shape index (κ2) is 30.6. The molecule has 2 aromatic heterocycles. The fourth-order valence-electron chi connectivity index (χ4n) is 16.5. The van der Waals surface area contributed by atoms with Gasteiger partial charge in [0.2, 0.25) is 0 Å². The highest BCUT2D eigenvalue weighted by atomic mass is 35.5. The van der Waals surface area contributed by atoms with Crippen molar-refractivity contribution in [3.05, 3.63) is 449 Å². The Hall–Kier alpha value is -14.7. The van der Waals surface area contributed by atoms with Gasteiger partial charge in [-0.3, -0.25) is 0 Å². The molecule has 18 aromatic rings. The third-order valence-corrected chi connectivity index (χ3v) is 22.0. The van der Waals surface area contributed by atoms with Crippen molar-refractivity contribution in [1.82, 2.24) is 29.9 Å². The zero-order valence-corrected chi connectivity index (χ0v) is 62.1. The Morgan fingerprint density at radius 1 is 0.254 bits per heavy atom. The van der Waals surface area contributed by atoms with Crippen molar-refractivity contribution in [3.63, 3.8) is 0 Å². The number of benzene rings is 16. The minimum absolute atomic E-state index is 0.393. The van der Waals surface area contributed by atoms with E-state index in [-0.39, 0.29) is 0 Å². The van der Waals surface area contributed by atoms with E-state index < -0.39 is 17.9 Å². The Morgan fingerprint density at radius 2 is 0.535 bits per heavy atom. The molecule has 2 unspecified atom stereocenters. The first-order valence-corrected chi connectivity index (χ1v) is 38.0. The van der Waals surface area contributed by atoms with Crippen molar-refractivity contribution in [2.45, 2.75) is 10.8 Å². The summed E-state index contributed by atoms with van der Waals surface area (Å²) in [7, 11) is -1.46. The number of nitriles is 2. The van der Waals surface area contributed by atoms with E-state index in [1.54, 1.807) is 0 Å². The van der Waals surface area contributed by atoms with Crippen molar-refractivity contribution in [2.24, 2.45) is 0 Å². The van der Waals surface area contributed by atoms with Crippen molar-refractivity contribution >= 4 is 45.7 Å². The van der Waals surface area contributed by atoms with Crippen LogP contribution in [-0.4, -0.2) is 47.1 Å². The predicted molar refractivity (Wildman–Crippen MR) is 458 cm³/mol. The number of nitrogens with zero attached hydrogens (tertiary/aromatic N) is 8. The van der Waals surface area contributed by atoms with Crippen LogP contribution in [0.15, 0.2) is 388 Å². The third-order valence-electron chi connectivity index (χ3n) is 21.7. The van der Waals surface area contributed by atoms with E-state index in [1.807, 2.05) is 140 Å². The van der Waals surface area contributed by atoms with Crippen LogP contribution in [0.4, 0.5) is 0 Å². The van der Waals surface area contributed by atoms with Gasteiger partial charge in [0.05, 0.1) is 34.1 Å². The van der Waals surface area contributed by atoms with Crippen LogP contribution < -0.4 is 5.46 Å². The molecule has 2 heterocycles. The molecule has 16 aromatic carbocycles. The SMILES string of the molecule is Clc1cc2c(c3ccccc13)-c1ccccc1C2(c1ccccc1)c1ccc(-c2nc(-c3ccccc3)nc(-c3ccccc3)n2)cc1.N#Cc1ccc(-c2cc3c(c4ccccc24)-c2ccccc2C3(c2ccccc2)c2ccc(-c3nc(-c4ccccc4)nc(-c4ccccc4)n3)cc2)cc1.N#Cc1ccc(B(O)O)cc1. The summed E-state index contributed by atoms with van der Waals surface area (Å²) in [6, 6.07) is 137. The second-order valence-corrected chi connectivity index (χ2v) is 28.5. The van der Waals surface area contributed by atoms with E-state index in [1.165, 1.54) is 90.7 Å². The van der Waals surface area contributed by atoms with Gasteiger partial charge in [0.1, 0.15) is 0 Å². The van der Waals surface area contributed by atoms with E-state index >= 15 is 0 Å². The lowest BCUT2D eigenvalue weighted by Gasteiger charge is -2.34. The van der Waals surface area contributed by atoms with E-state index in [2.05, 4.69) is 237 Å². The lowest BCUT2D eigenvalue weighted by molar-refractivity contribution is 0.426. The van der Waals surface area contributed by atoms with Crippen LogP contribution >= 0.6 is 11.6 Å². The summed E-state index contributed by atoms with van der Waals surface area (Å²) in [5.41, 5.74) is 22.6. The van der Waals surface area contributed by atoms with Gasteiger partial charge in [-0.25, -0.2) is 29.9 Å². The summed E-state index contributed by atoms with van der Waals surface area (Å²) in [6.45, 7) is 0. The molecular weight excluding hydrogens is 1420 g/mol. The zero-order valence-electron chi connectivity index (χ0n) is 61.4. The molecular formula is C102H66BClN8O2. The quantitative estimate of drug-likeness (QED) is 0.112. The molecule has 0 amide bonds. The summed E-state index contributed by atoms with van der Waals surface area (Å²) in [5.74, 6) is 3.80. The van der Waals surface area contributed by atoms with Gasteiger partial charge >= 0.3 is 7.12 Å². The lowest BCUT2D eigenvalue weighted by Crippen LogP contribution is -2.29. The molecule has 536 valence electrons. The van der Waals surface area contributed by atoms with Gasteiger partial charge < -0.3 is 10.0 Å². The molecule has 2 aliphatic rings. The minimum Gasteiger partial charge on any atom is -0.423 e. The van der Waals surface area contributed by atoms with Gasteiger partial charge in [-0.15, -0.1) is 0 Å². The largest absolute Gasteiger partial charge is 0.488 e. The molecule has 0 spiro atoms. The van der Waals surface area contributed by atoms with E-state index in [0.29, 0.717) is 51.5 Å². The molecule has 0 saturated carbocycles. The second-order valence-electron chi connectivity index (χ2n) is 28.1. The predicted octanol–water partition coefficient (Wildman–Crippen LogP) is 22.2. The van der Waals surface area contributed by atoms with Gasteiger partial charge in [0, 0.05) is 43.8 Å². The van der Waals surface area contributed by atoms with Crippen LogP contribution in [0, 0.1) is 22.7 Å². The third kappa shape index (κ3) is 12.8. The highest BCUT2D eigenvalue weighted by molar-refractivity contribution is 6.58. The van der Waals surface area contributed by atoms with E-state index in [4.69, 9.17) is 56.8 Å². The lowest BCUT2D eigenvalue weighted by atomic mass is 9.67. The zero-order chi connectivity index (χ0) is 77.1. The van der Waals surface area contributed by atoms with Crippen LogP contribution in [0.5, 0.6) is 0 Å². The van der Waals surface area contributed by atoms with Crippen molar-refractivity contribution in [1.29, 1.82) is 10.5 Å². The van der Waals surface area contributed by atoms with Gasteiger partial charge in [-0.05, 0) is 136 Å². The number of hydrogen-bond acceptors (Lipinski definition) is 10. The van der Waals surface area contributed by atoms with Crippen LogP contribution in [0.1, 0.15) is 55.6 Å². The smallest absolute Gasteiger partial charge is 0.423 e. The number of halogens is 1. The van der Waals surface area contributed by atoms with Gasteiger partial charge in [0.15, 0.2) is 34.9 Å².